The van der Waals surface area contributed by atoms with Gasteiger partial charge in [0.05, 0.1) is 4.88 Å². The van der Waals surface area contributed by atoms with Gasteiger partial charge in [0.1, 0.15) is 5.54 Å². The van der Waals surface area contributed by atoms with Crippen LogP contribution in [-0.4, -0.2) is 23.4 Å². The largest absolute Gasteiger partial charge is 0.381 e. The lowest BCUT2D eigenvalue weighted by atomic mass is 9.91. The normalized spacial score (nSPS) is 19.0. The molecule has 2 aromatic rings. The predicted molar refractivity (Wildman–Crippen MR) is 71.2 cm³/mol. The number of ether oxygens (including phenoxy) is 1. The van der Waals surface area contributed by atoms with Gasteiger partial charge >= 0.3 is 0 Å². The maximum Gasteiger partial charge on any atom is 0.247 e. The molecule has 2 aromatic heterocycles. The van der Waals surface area contributed by atoms with E-state index in [0.717, 1.165) is 9.35 Å². The molecule has 1 aliphatic heterocycles. The summed E-state index contributed by atoms with van der Waals surface area (Å²) < 4.78 is 11.6. The highest BCUT2D eigenvalue weighted by molar-refractivity contribution is 9.10. The van der Waals surface area contributed by atoms with Gasteiger partial charge in [0.15, 0.2) is 0 Å². The van der Waals surface area contributed by atoms with Crippen LogP contribution in [0.3, 0.4) is 0 Å². The fourth-order valence-electron chi connectivity index (χ4n) is 1.91. The minimum atomic E-state index is -0.544. The highest BCUT2D eigenvalue weighted by Crippen LogP contribution is 2.32. The van der Waals surface area contributed by atoms with Crippen LogP contribution in [0.1, 0.15) is 18.7 Å². The van der Waals surface area contributed by atoms with Gasteiger partial charge in [-0.2, -0.15) is 4.98 Å². The standard InChI is InChI=1S/C11H12BrN3O2S/c12-7-5-8(18-6-7)9-14-10(17-15-9)11(13)1-3-16-4-2-11/h5-6H,1-4,13H2. The molecule has 96 valence electrons. The maximum absolute atomic E-state index is 6.29. The third kappa shape index (κ3) is 2.23. The van der Waals surface area contributed by atoms with E-state index in [9.17, 15) is 0 Å². The predicted octanol–water partition coefficient (Wildman–Crippen LogP) is 2.53. The number of aromatic nitrogens is 2. The van der Waals surface area contributed by atoms with Crippen molar-refractivity contribution in [2.24, 2.45) is 5.73 Å². The zero-order chi connectivity index (χ0) is 12.6. The van der Waals surface area contributed by atoms with Crippen LogP contribution >= 0.6 is 27.3 Å². The Balaban J connectivity index is 1.89. The molecule has 0 aromatic carbocycles. The van der Waals surface area contributed by atoms with Crippen molar-refractivity contribution in [3.05, 3.63) is 21.8 Å². The lowest BCUT2D eigenvalue weighted by molar-refractivity contribution is 0.0400. The van der Waals surface area contributed by atoms with Crippen molar-refractivity contribution in [1.29, 1.82) is 0 Å². The molecule has 0 atom stereocenters. The summed E-state index contributed by atoms with van der Waals surface area (Å²) in [6, 6.07) is 1.96. The topological polar surface area (TPSA) is 74.2 Å². The zero-order valence-corrected chi connectivity index (χ0v) is 12.0. The van der Waals surface area contributed by atoms with Gasteiger partial charge in [-0.25, -0.2) is 0 Å². The molecule has 7 heteroatoms. The van der Waals surface area contributed by atoms with Crippen LogP contribution in [-0.2, 0) is 10.3 Å². The van der Waals surface area contributed by atoms with E-state index >= 15 is 0 Å². The van der Waals surface area contributed by atoms with E-state index < -0.39 is 5.54 Å². The van der Waals surface area contributed by atoms with Crippen LogP contribution in [0.2, 0.25) is 0 Å². The van der Waals surface area contributed by atoms with Crippen molar-refractivity contribution in [3.63, 3.8) is 0 Å². The Bertz CT molecular complexity index is 548. The summed E-state index contributed by atoms with van der Waals surface area (Å²) in [5.74, 6) is 1.10. The highest BCUT2D eigenvalue weighted by atomic mass is 79.9. The average molecular weight is 330 g/mol. The van der Waals surface area contributed by atoms with E-state index in [1.54, 1.807) is 11.3 Å². The Hall–Kier alpha value is -0.760. The number of nitrogens with two attached hydrogens (primary N) is 1. The first-order valence-corrected chi connectivity index (χ1v) is 7.30. The number of hydrogen-bond acceptors (Lipinski definition) is 6. The molecule has 18 heavy (non-hydrogen) atoms. The molecule has 0 aliphatic carbocycles. The molecule has 0 amide bonds. The molecule has 1 fully saturated rings. The third-order valence-corrected chi connectivity index (χ3v) is 4.71. The second kappa shape index (κ2) is 4.73. The lowest BCUT2D eigenvalue weighted by Crippen LogP contribution is -2.42. The Morgan fingerprint density at radius 1 is 1.39 bits per heavy atom. The first-order chi connectivity index (χ1) is 8.67. The third-order valence-electron chi connectivity index (χ3n) is 3.02. The molecular weight excluding hydrogens is 318 g/mol. The van der Waals surface area contributed by atoms with Crippen LogP contribution in [0.4, 0.5) is 0 Å². The number of thiophene rings is 1. The van der Waals surface area contributed by atoms with Gasteiger partial charge in [-0.3, -0.25) is 0 Å². The summed E-state index contributed by atoms with van der Waals surface area (Å²) in [6.07, 6.45) is 1.42. The molecule has 3 rings (SSSR count). The Morgan fingerprint density at radius 3 is 2.83 bits per heavy atom. The second-order valence-electron chi connectivity index (χ2n) is 4.32. The molecular formula is C11H12BrN3O2S. The first-order valence-electron chi connectivity index (χ1n) is 5.63. The minimum absolute atomic E-state index is 0.505. The maximum atomic E-state index is 6.29. The monoisotopic (exact) mass is 329 g/mol. The van der Waals surface area contributed by atoms with Gasteiger partial charge in [-0.05, 0) is 34.8 Å². The minimum Gasteiger partial charge on any atom is -0.381 e. The summed E-state index contributed by atoms with van der Waals surface area (Å²) in [4.78, 5) is 5.39. The van der Waals surface area contributed by atoms with Crippen molar-refractivity contribution in [1.82, 2.24) is 10.1 Å². The van der Waals surface area contributed by atoms with Crippen molar-refractivity contribution in [2.45, 2.75) is 18.4 Å². The van der Waals surface area contributed by atoms with Crippen molar-refractivity contribution >= 4 is 27.3 Å². The Morgan fingerprint density at radius 2 is 2.17 bits per heavy atom. The zero-order valence-electron chi connectivity index (χ0n) is 9.56. The van der Waals surface area contributed by atoms with Crippen LogP contribution in [0.25, 0.3) is 10.7 Å². The van der Waals surface area contributed by atoms with Crippen molar-refractivity contribution in [3.8, 4) is 10.7 Å². The molecule has 5 nitrogen and oxygen atoms in total. The van der Waals surface area contributed by atoms with E-state index in [2.05, 4.69) is 26.1 Å². The molecule has 2 N–H and O–H groups in total. The van der Waals surface area contributed by atoms with E-state index in [-0.39, 0.29) is 0 Å². The van der Waals surface area contributed by atoms with E-state index in [1.807, 2.05) is 11.4 Å². The van der Waals surface area contributed by atoms with Gasteiger partial charge in [0.25, 0.3) is 0 Å². The molecule has 0 saturated carbocycles. The molecule has 3 heterocycles. The fraction of sp³-hybridized carbons (Fsp3) is 0.455. The number of halogens is 1. The van der Waals surface area contributed by atoms with Crippen molar-refractivity contribution in [2.75, 3.05) is 13.2 Å². The van der Waals surface area contributed by atoms with Gasteiger partial charge < -0.3 is 15.0 Å². The smallest absolute Gasteiger partial charge is 0.247 e. The molecule has 0 spiro atoms. The van der Waals surface area contributed by atoms with E-state index in [1.165, 1.54) is 0 Å². The fourth-order valence-corrected chi connectivity index (χ4v) is 3.26. The van der Waals surface area contributed by atoms with Crippen molar-refractivity contribution < 1.29 is 9.26 Å². The van der Waals surface area contributed by atoms with Crippen LogP contribution in [0.15, 0.2) is 20.4 Å². The molecule has 0 radical (unpaired) electrons. The highest BCUT2D eigenvalue weighted by Gasteiger charge is 2.36. The van der Waals surface area contributed by atoms with Gasteiger partial charge in [-0.15, -0.1) is 11.3 Å². The Kier molecular flexibility index (Phi) is 3.23. The Labute approximate surface area is 116 Å². The molecule has 0 unspecified atom stereocenters. The summed E-state index contributed by atoms with van der Waals surface area (Å²) in [6.45, 7) is 1.28. The lowest BCUT2D eigenvalue weighted by Gasteiger charge is -2.29. The average Bonchev–Trinajstić information content (AvgIpc) is 2.98. The molecule has 0 bridgehead atoms. The second-order valence-corrected chi connectivity index (χ2v) is 6.15. The van der Waals surface area contributed by atoms with Gasteiger partial charge in [0, 0.05) is 23.1 Å². The quantitative estimate of drug-likeness (QED) is 0.916. The van der Waals surface area contributed by atoms with E-state index in [0.29, 0.717) is 37.8 Å². The van der Waals surface area contributed by atoms with E-state index in [4.69, 9.17) is 15.0 Å². The van der Waals surface area contributed by atoms with Gasteiger partial charge in [0.2, 0.25) is 11.7 Å². The van der Waals surface area contributed by atoms with Crippen LogP contribution in [0, 0.1) is 0 Å². The summed E-state index contributed by atoms with van der Waals surface area (Å²) >= 11 is 4.97. The number of nitrogens with zero attached hydrogens (tertiary/aromatic N) is 2. The summed E-state index contributed by atoms with van der Waals surface area (Å²) in [7, 11) is 0. The van der Waals surface area contributed by atoms with Crippen LogP contribution < -0.4 is 5.73 Å². The number of rotatable bonds is 2. The SMILES string of the molecule is NC1(c2nc(-c3cc(Br)cs3)no2)CCOCC1. The molecule has 1 aliphatic rings. The molecule has 1 saturated heterocycles. The van der Waals surface area contributed by atoms with Gasteiger partial charge in [-0.1, -0.05) is 5.16 Å². The summed E-state index contributed by atoms with van der Waals surface area (Å²) in [5, 5.41) is 5.99. The first kappa shape index (κ1) is 12.3. The van der Waals surface area contributed by atoms with Crippen LogP contribution in [0.5, 0.6) is 0 Å². The number of hydrogen-bond donors (Lipinski definition) is 1. The summed E-state index contributed by atoms with van der Waals surface area (Å²) in [5.41, 5.74) is 5.75.